The van der Waals surface area contributed by atoms with Crippen LogP contribution in [0.2, 0.25) is 13.1 Å². The van der Waals surface area contributed by atoms with Gasteiger partial charge in [-0.25, -0.2) is 19.9 Å². The lowest BCUT2D eigenvalue weighted by atomic mass is 10.3. The molecule has 0 saturated carbocycles. The summed E-state index contributed by atoms with van der Waals surface area (Å²) >= 11 is 0. The first-order valence-electron chi connectivity index (χ1n) is 12.5. The Morgan fingerprint density at radius 1 is 0.463 bits per heavy atom. The van der Waals surface area contributed by atoms with Crippen molar-refractivity contribution in [1.29, 1.82) is 0 Å². The quantitative estimate of drug-likeness (QED) is 0.105. The summed E-state index contributed by atoms with van der Waals surface area (Å²) in [7, 11) is -6.70. The number of aromatic nitrogens is 4. The summed E-state index contributed by atoms with van der Waals surface area (Å²) in [5.41, 5.74) is 0. The fraction of sp³-hybridized carbons (Fsp3) is 0.0714. The van der Waals surface area contributed by atoms with Crippen molar-refractivity contribution in [1.82, 2.24) is 19.9 Å². The number of benzene rings is 1. The molecule has 0 bridgehead atoms. The van der Waals surface area contributed by atoms with Crippen molar-refractivity contribution in [2.75, 3.05) is 0 Å². The maximum Gasteiger partial charge on any atom is 0.532 e. The standard InChI is InChI=1S/C28H26N4O6P2Si/c1-41(2,38-40(36-27-17-7-11-21-31-27)37-28-18-8-12-22-32-28)24-14-4-3-13-23(24)33-39(34-25-15-5-9-19-29-25)35-26-16-6-10-20-30-26/h3-22H,1-2H3. The van der Waals surface area contributed by atoms with Gasteiger partial charge in [-0.15, -0.1) is 0 Å². The van der Waals surface area contributed by atoms with E-state index in [0.717, 1.165) is 5.19 Å². The summed E-state index contributed by atoms with van der Waals surface area (Å²) in [5, 5.41) is 0.837. The van der Waals surface area contributed by atoms with Crippen LogP contribution in [0.1, 0.15) is 0 Å². The van der Waals surface area contributed by atoms with E-state index in [-0.39, 0.29) is 0 Å². The molecule has 13 heteroatoms. The van der Waals surface area contributed by atoms with Crippen LogP contribution in [0.15, 0.2) is 122 Å². The van der Waals surface area contributed by atoms with Crippen LogP contribution < -0.4 is 27.8 Å². The van der Waals surface area contributed by atoms with E-state index >= 15 is 0 Å². The van der Waals surface area contributed by atoms with E-state index in [1.165, 1.54) is 0 Å². The Kier molecular flexibility index (Phi) is 9.67. The van der Waals surface area contributed by atoms with Gasteiger partial charge in [0.05, 0.1) is 0 Å². The third kappa shape index (κ3) is 8.42. The highest BCUT2D eigenvalue weighted by Gasteiger charge is 2.37. The molecule has 0 saturated heterocycles. The molecule has 0 atom stereocenters. The number of pyridine rings is 4. The molecule has 208 valence electrons. The van der Waals surface area contributed by atoms with E-state index in [2.05, 4.69) is 19.9 Å². The molecule has 5 aromatic rings. The molecule has 0 aliphatic carbocycles. The maximum atomic E-state index is 6.59. The van der Waals surface area contributed by atoms with Crippen LogP contribution in [0, 0.1) is 0 Å². The van der Waals surface area contributed by atoms with Crippen LogP contribution in [0.3, 0.4) is 0 Å². The molecule has 0 fully saturated rings. The molecule has 4 heterocycles. The Hall–Kier alpha value is -4.14. The van der Waals surface area contributed by atoms with Gasteiger partial charge in [0.2, 0.25) is 31.8 Å². The van der Waals surface area contributed by atoms with Crippen LogP contribution >= 0.6 is 17.2 Å². The van der Waals surface area contributed by atoms with Gasteiger partial charge in [0.15, 0.2) is 0 Å². The smallest absolute Gasteiger partial charge is 0.408 e. The van der Waals surface area contributed by atoms with Gasteiger partial charge < -0.3 is 26.8 Å². The van der Waals surface area contributed by atoms with E-state index in [0.29, 0.717) is 29.3 Å². The van der Waals surface area contributed by atoms with Crippen molar-refractivity contribution in [3.63, 3.8) is 0 Å². The van der Waals surface area contributed by atoms with Gasteiger partial charge in [-0.05, 0) is 43.4 Å². The van der Waals surface area contributed by atoms with Crippen molar-refractivity contribution >= 4 is 30.7 Å². The molecule has 41 heavy (non-hydrogen) atoms. The van der Waals surface area contributed by atoms with E-state index in [1.807, 2.05) is 61.6 Å². The predicted octanol–water partition coefficient (Wildman–Crippen LogP) is 6.84. The largest absolute Gasteiger partial charge is 0.532 e. The molecule has 4 aromatic heterocycles. The minimum absolute atomic E-state index is 0.357. The summed E-state index contributed by atoms with van der Waals surface area (Å²) in [5.74, 6) is 2.00. The minimum atomic E-state index is -2.78. The lowest BCUT2D eigenvalue weighted by molar-refractivity contribution is 0.373. The second kappa shape index (κ2) is 14.0. The number of hydrogen-bond acceptors (Lipinski definition) is 10. The SMILES string of the molecule is C[Si](C)(OP(Oc1ccccn1)Oc1ccccn1)c1ccccc1OP(Oc1ccccn1)Oc1ccccn1. The van der Waals surface area contributed by atoms with E-state index in [9.17, 15) is 0 Å². The van der Waals surface area contributed by atoms with Gasteiger partial charge in [0.25, 0.3) is 0 Å². The fourth-order valence-corrected chi connectivity index (χ4v) is 8.39. The number of para-hydroxylation sites is 1. The molecule has 0 N–H and O–H groups in total. The Labute approximate surface area is 241 Å². The van der Waals surface area contributed by atoms with E-state index in [1.54, 1.807) is 73.3 Å². The molecule has 0 amide bonds. The second-order valence-electron chi connectivity index (χ2n) is 8.67. The molecule has 0 aliphatic heterocycles. The normalized spacial score (nSPS) is 11.2. The molecule has 5 rings (SSSR count). The lowest BCUT2D eigenvalue weighted by Gasteiger charge is -2.28. The topological polar surface area (TPSA) is 107 Å². The van der Waals surface area contributed by atoms with Crippen LogP contribution in [0.5, 0.6) is 29.3 Å². The summed E-state index contributed by atoms with van der Waals surface area (Å²) in [6.45, 7) is 4.05. The first-order valence-corrected chi connectivity index (χ1v) is 17.6. The molecular formula is C28H26N4O6P2Si. The van der Waals surface area contributed by atoms with Crippen molar-refractivity contribution in [3.8, 4) is 29.3 Å². The first-order chi connectivity index (χ1) is 20.0. The van der Waals surface area contributed by atoms with Crippen LogP contribution in [0.4, 0.5) is 0 Å². The Morgan fingerprint density at radius 3 is 1.27 bits per heavy atom. The second-order valence-corrected chi connectivity index (χ2v) is 14.8. The third-order valence-corrected chi connectivity index (χ3v) is 11.1. The van der Waals surface area contributed by atoms with Crippen molar-refractivity contribution < 1.29 is 26.8 Å². The number of hydrogen-bond donors (Lipinski definition) is 0. The average Bonchev–Trinajstić information content (AvgIpc) is 2.99. The Balaban J connectivity index is 1.40. The van der Waals surface area contributed by atoms with Gasteiger partial charge in [-0.3, -0.25) is 0 Å². The van der Waals surface area contributed by atoms with Gasteiger partial charge in [0.1, 0.15) is 5.75 Å². The van der Waals surface area contributed by atoms with E-state index in [4.69, 9.17) is 26.8 Å². The molecule has 0 unspecified atom stereocenters. The van der Waals surface area contributed by atoms with Gasteiger partial charge >= 0.3 is 17.2 Å². The van der Waals surface area contributed by atoms with Crippen molar-refractivity contribution in [3.05, 3.63) is 122 Å². The first kappa shape index (κ1) is 28.4. The van der Waals surface area contributed by atoms with Crippen LogP contribution in [-0.2, 0) is 4.21 Å². The summed E-state index contributed by atoms with van der Waals surface area (Å²) < 4.78 is 37.1. The van der Waals surface area contributed by atoms with Gasteiger partial charge in [-0.1, -0.05) is 42.5 Å². The summed E-state index contributed by atoms with van der Waals surface area (Å²) in [4.78, 5) is 17.0. The monoisotopic (exact) mass is 604 g/mol. The Bertz CT molecular complexity index is 1410. The third-order valence-electron chi connectivity index (χ3n) is 5.23. The highest BCUT2D eigenvalue weighted by atomic mass is 31.2. The van der Waals surface area contributed by atoms with Crippen LogP contribution in [-0.4, -0.2) is 28.3 Å². The van der Waals surface area contributed by atoms with Crippen molar-refractivity contribution in [2.45, 2.75) is 13.1 Å². The molecular weight excluding hydrogens is 578 g/mol. The fourth-order valence-electron chi connectivity index (χ4n) is 3.38. The zero-order chi connectivity index (χ0) is 28.3. The number of rotatable bonds is 13. The number of nitrogens with zero attached hydrogens (tertiary/aromatic N) is 4. The molecule has 0 spiro atoms. The zero-order valence-corrected chi connectivity index (χ0v) is 25.0. The van der Waals surface area contributed by atoms with Gasteiger partial charge in [0, 0.05) is 54.2 Å². The minimum Gasteiger partial charge on any atom is -0.408 e. The average molecular weight is 605 g/mol. The lowest BCUT2D eigenvalue weighted by Crippen LogP contribution is -2.44. The maximum absolute atomic E-state index is 6.59. The highest BCUT2D eigenvalue weighted by molar-refractivity contribution is 7.45. The predicted molar refractivity (Wildman–Crippen MR) is 159 cm³/mol. The summed E-state index contributed by atoms with van der Waals surface area (Å²) in [6, 6.07) is 29.0. The zero-order valence-electron chi connectivity index (χ0n) is 22.2. The molecule has 0 aliphatic rings. The van der Waals surface area contributed by atoms with Crippen molar-refractivity contribution in [2.24, 2.45) is 0 Å². The summed E-state index contributed by atoms with van der Waals surface area (Å²) in [6.07, 6.45) is 6.54. The van der Waals surface area contributed by atoms with Crippen LogP contribution in [0.25, 0.3) is 0 Å². The highest BCUT2D eigenvalue weighted by Crippen LogP contribution is 2.45. The molecule has 1 aromatic carbocycles. The van der Waals surface area contributed by atoms with Gasteiger partial charge in [-0.2, -0.15) is 0 Å². The van der Waals surface area contributed by atoms with E-state index < -0.39 is 25.5 Å². The molecule has 0 radical (unpaired) electrons. The Morgan fingerprint density at radius 2 is 0.854 bits per heavy atom. The molecule has 10 nitrogen and oxygen atoms in total.